The van der Waals surface area contributed by atoms with Crippen LogP contribution in [0.3, 0.4) is 0 Å². The minimum atomic E-state index is -0.638. The van der Waals surface area contributed by atoms with Crippen molar-refractivity contribution in [1.29, 1.82) is 0 Å². The number of ether oxygens (including phenoxy) is 1. The van der Waals surface area contributed by atoms with Gasteiger partial charge in [-0.2, -0.15) is 0 Å². The number of nitrogens with one attached hydrogen (secondary N) is 1. The van der Waals surface area contributed by atoms with Gasteiger partial charge < -0.3 is 4.74 Å². The minimum absolute atomic E-state index is 0.237. The first-order valence-corrected chi connectivity index (χ1v) is 11.5. The van der Waals surface area contributed by atoms with E-state index in [-0.39, 0.29) is 12.6 Å². The standard InChI is InChI=1S/C30H27NO2/c1-2-28(29(32)33-21-22-13-5-3-6-14-22)31-30(23-15-7-4-8-16-23)26-19-11-9-17-24(26)25-18-10-12-20-27(25)30/h3-20,28,31H,2,21H2,1H3. The van der Waals surface area contributed by atoms with Gasteiger partial charge in [-0.1, -0.05) is 116 Å². The zero-order chi connectivity index (χ0) is 22.7. The van der Waals surface area contributed by atoms with Crippen molar-refractivity contribution in [3.63, 3.8) is 0 Å². The van der Waals surface area contributed by atoms with Gasteiger partial charge in [0.1, 0.15) is 12.6 Å². The first-order valence-electron chi connectivity index (χ1n) is 11.5. The fraction of sp³-hybridized carbons (Fsp3) is 0.167. The predicted octanol–water partition coefficient (Wildman–Crippen LogP) is 6.07. The Morgan fingerprint density at radius 1 is 0.758 bits per heavy atom. The highest BCUT2D eigenvalue weighted by Crippen LogP contribution is 2.51. The first-order chi connectivity index (χ1) is 16.2. The maximum atomic E-state index is 13.2. The van der Waals surface area contributed by atoms with Crippen molar-refractivity contribution in [3.05, 3.63) is 131 Å². The van der Waals surface area contributed by atoms with Crippen LogP contribution in [0.5, 0.6) is 0 Å². The van der Waals surface area contributed by atoms with E-state index in [9.17, 15) is 4.79 Å². The molecule has 0 spiro atoms. The van der Waals surface area contributed by atoms with Crippen LogP contribution < -0.4 is 5.32 Å². The summed E-state index contributed by atoms with van der Waals surface area (Å²) in [7, 11) is 0. The lowest BCUT2D eigenvalue weighted by Gasteiger charge is -2.37. The average molecular weight is 434 g/mol. The molecule has 0 heterocycles. The number of esters is 1. The van der Waals surface area contributed by atoms with E-state index in [1.807, 2.05) is 43.3 Å². The van der Waals surface area contributed by atoms with Gasteiger partial charge >= 0.3 is 5.97 Å². The van der Waals surface area contributed by atoms with Crippen molar-refractivity contribution in [2.24, 2.45) is 0 Å². The molecule has 0 amide bonds. The maximum absolute atomic E-state index is 13.2. The average Bonchev–Trinajstić information content (AvgIpc) is 3.18. The second-order valence-electron chi connectivity index (χ2n) is 8.41. The fourth-order valence-electron chi connectivity index (χ4n) is 4.89. The van der Waals surface area contributed by atoms with Gasteiger partial charge in [-0.25, -0.2) is 0 Å². The lowest BCUT2D eigenvalue weighted by molar-refractivity contribution is -0.148. The molecule has 0 aromatic heterocycles. The first kappa shape index (κ1) is 21.2. The summed E-state index contributed by atoms with van der Waals surface area (Å²) in [5.41, 5.74) is 6.15. The number of carbonyl (C=O) groups is 1. The smallest absolute Gasteiger partial charge is 0.323 e. The molecule has 33 heavy (non-hydrogen) atoms. The van der Waals surface area contributed by atoms with Crippen LogP contribution in [0.2, 0.25) is 0 Å². The lowest BCUT2D eigenvalue weighted by Crippen LogP contribution is -2.51. The molecule has 1 N–H and O–H groups in total. The van der Waals surface area contributed by atoms with E-state index in [1.165, 1.54) is 11.1 Å². The van der Waals surface area contributed by atoms with E-state index in [2.05, 4.69) is 78.1 Å². The quantitative estimate of drug-likeness (QED) is 0.360. The molecule has 0 fully saturated rings. The molecule has 4 aromatic carbocycles. The van der Waals surface area contributed by atoms with Crippen molar-refractivity contribution < 1.29 is 9.53 Å². The highest BCUT2D eigenvalue weighted by molar-refractivity contribution is 5.84. The summed E-state index contributed by atoms with van der Waals surface area (Å²) in [5.74, 6) is -0.237. The third kappa shape index (κ3) is 3.75. The van der Waals surface area contributed by atoms with Crippen molar-refractivity contribution in [2.75, 3.05) is 0 Å². The van der Waals surface area contributed by atoms with E-state index in [0.717, 1.165) is 22.3 Å². The van der Waals surface area contributed by atoms with E-state index >= 15 is 0 Å². The minimum Gasteiger partial charge on any atom is -0.460 e. The molecule has 0 aliphatic heterocycles. The van der Waals surface area contributed by atoms with Crippen LogP contribution in [0.1, 0.15) is 35.6 Å². The normalized spacial score (nSPS) is 14.2. The Labute approximate surface area is 195 Å². The van der Waals surface area contributed by atoms with Crippen LogP contribution in [0.4, 0.5) is 0 Å². The summed E-state index contributed by atoms with van der Waals surface area (Å²) in [5, 5.41) is 3.77. The molecule has 1 unspecified atom stereocenters. The Hall–Kier alpha value is -3.69. The largest absolute Gasteiger partial charge is 0.460 e. The van der Waals surface area contributed by atoms with E-state index in [0.29, 0.717) is 6.42 Å². The van der Waals surface area contributed by atoms with E-state index in [1.54, 1.807) is 0 Å². The Morgan fingerprint density at radius 3 is 1.85 bits per heavy atom. The molecule has 0 saturated heterocycles. The summed E-state index contributed by atoms with van der Waals surface area (Å²) in [4.78, 5) is 13.2. The van der Waals surface area contributed by atoms with E-state index in [4.69, 9.17) is 4.74 Å². The fourth-order valence-corrected chi connectivity index (χ4v) is 4.89. The summed E-state index contributed by atoms with van der Waals surface area (Å²) >= 11 is 0. The summed E-state index contributed by atoms with van der Waals surface area (Å²) in [6.45, 7) is 2.29. The summed E-state index contributed by atoms with van der Waals surface area (Å²) in [6, 6.07) is 36.7. The predicted molar refractivity (Wildman–Crippen MR) is 132 cm³/mol. The molecule has 3 nitrogen and oxygen atoms in total. The van der Waals surface area contributed by atoms with Gasteiger partial charge in [0, 0.05) is 0 Å². The molecular formula is C30H27NO2. The van der Waals surface area contributed by atoms with Crippen LogP contribution in [-0.2, 0) is 21.7 Å². The molecule has 0 saturated carbocycles. The van der Waals surface area contributed by atoms with Crippen LogP contribution in [0, 0.1) is 0 Å². The molecule has 5 rings (SSSR count). The van der Waals surface area contributed by atoms with Crippen LogP contribution >= 0.6 is 0 Å². The molecule has 0 radical (unpaired) electrons. The Balaban J connectivity index is 1.56. The highest BCUT2D eigenvalue weighted by atomic mass is 16.5. The Morgan fingerprint density at radius 2 is 1.27 bits per heavy atom. The number of benzene rings is 4. The van der Waals surface area contributed by atoms with Gasteiger partial charge in [-0.05, 0) is 39.8 Å². The second-order valence-corrected chi connectivity index (χ2v) is 8.41. The SMILES string of the molecule is CCC(NC1(c2ccccc2)c2ccccc2-c2ccccc21)C(=O)OCc1ccccc1. The van der Waals surface area contributed by atoms with Crippen molar-refractivity contribution >= 4 is 5.97 Å². The molecule has 1 aliphatic rings. The molecule has 1 aliphatic carbocycles. The maximum Gasteiger partial charge on any atom is 0.323 e. The third-order valence-corrected chi connectivity index (χ3v) is 6.47. The topological polar surface area (TPSA) is 38.3 Å². The van der Waals surface area contributed by atoms with Gasteiger partial charge in [0.05, 0.1) is 5.54 Å². The number of hydrogen-bond acceptors (Lipinski definition) is 3. The van der Waals surface area contributed by atoms with E-state index < -0.39 is 11.6 Å². The lowest BCUT2D eigenvalue weighted by atomic mass is 9.80. The number of rotatable bonds is 7. The van der Waals surface area contributed by atoms with Crippen molar-refractivity contribution in [3.8, 4) is 11.1 Å². The monoisotopic (exact) mass is 433 g/mol. The molecular weight excluding hydrogens is 406 g/mol. The molecule has 1 atom stereocenters. The van der Waals surface area contributed by atoms with Crippen molar-refractivity contribution in [2.45, 2.75) is 31.5 Å². The van der Waals surface area contributed by atoms with Crippen LogP contribution in [-0.4, -0.2) is 12.0 Å². The van der Waals surface area contributed by atoms with Gasteiger partial charge in [0.25, 0.3) is 0 Å². The summed E-state index contributed by atoms with van der Waals surface area (Å²) in [6.07, 6.45) is 0.618. The zero-order valence-corrected chi connectivity index (χ0v) is 18.7. The molecule has 3 heteroatoms. The number of fused-ring (bicyclic) bond motifs is 3. The molecule has 4 aromatic rings. The molecule has 0 bridgehead atoms. The third-order valence-electron chi connectivity index (χ3n) is 6.47. The molecule has 164 valence electrons. The number of carbonyl (C=O) groups excluding carboxylic acids is 1. The Kier molecular flexibility index (Phi) is 5.80. The Bertz CT molecular complexity index is 1210. The van der Waals surface area contributed by atoms with Crippen LogP contribution in [0.25, 0.3) is 11.1 Å². The van der Waals surface area contributed by atoms with Gasteiger partial charge in [-0.3, -0.25) is 10.1 Å². The zero-order valence-electron chi connectivity index (χ0n) is 18.7. The summed E-state index contributed by atoms with van der Waals surface area (Å²) < 4.78 is 5.75. The second kappa shape index (κ2) is 9.05. The highest BCUT2D eigenvalue weighted by Gasteiger charge is 2.46. The van der Waals surface area contributed by atoms with Gasteiger partial charge in [0.2, 0.25) is 0 Å². The van der Waals surface area contributed by atoms with Gasteiger partial charge in [-0.15, -0.1) is 0 Å². The van der Waals surface area contributed by atoms with Crippen molar-refractivity contribution in [1.82, 2.24) is 5.32 Å². The van der Waals surface area contributed by atoms with Gasteiger partial charge in [0.15, 0.2) is 0 Å². The number of hydrogen-bond donors (Lipinski definition) is 1. The van der Waals surface area contributed by atoms with Crippen LogP contribution in [0.15, 0.2) is 109 Å².